The molecule has 1 N–H and O–H groups in total. The Hall–Kier alpha value is -1.55. The molecule has 1 amide bonds. The van der Waals surface area contributed by atoms with E-state index in [9.17, 15) is 14.7 Å². The molecule has 0 heterocycles. The Morgan fingerprint density at radius 2 is 1.96 bits per heavy atom. The molecule has 0 aliphatic carbocycles. The van der Waals surface area contributed by atoms with Gasteiger partial charge in [0.2, 0.25) is 0 Å². The first-order valence-corrected chi connectivity index (χ1v) is 8.72. The molecule has 1 rings (SSSR count). The zero-order valence-corrected chi connectivity index (χ0v) is 17.2. The highest BCUT2D eigenvalue weighted by atomic mass is 127. The fourth-order valence-electron chi connectivity index (χ4n) is 1.99. The largest absolute Gasteiger partial charge is 0.480 e. The summed E-state index contributed by atoms with van der Waals surface area (Å²) in [6.07, 6.45) is -0.513. The number of benzene rings is 1. The Bertz CT molecular complexity index is 614. The Morgan fingerprint density at radius 1 is 1.32 bits per heavy atom. The molecule has 140 valence electrons. The van der Waals surface area contributed by atoms with Crippen LogP contribution in [0.25, 0.3) is 0 Å². The number of aliphatic carboxylic acids is 1. The molecule has 25 heavy (non-hydrogen) atoms. The molecular weight excluding hydrogens is 441 g/mol. The fraction of sp³-hybridized carbons (Fsp3) is 0.529. The van der Waals surface area contributed by atoms with Crippen molar-refractivity contribution < 1.29 is 28.9 Å². The van der Waals surface area contributed by atoms with Crippen LogP contribution in [0.4, 0.5) is 4.79 Å². The summed E-state index contributed by atoms with van der Waals surface area (Å²) in [7, 11) is 2.96. The molecule has 0 saturated carbocycles. The minimum atomic E-state index is -1.09. The van der Waals surface area contributed by atoms with Gasteiger partial charge in [-0.25, -0.2) is 9.59 Å². The number of hydrogen-bond acceptors (Lipinski definition) is 5. The van der Waals surface area contributed by atoms with Crippen molar-refractivity contribution in [2.75, 3.05) is 21.0 Å². The summed E-state index contributed by atoms with van der Waals surface area (Å²) in [4.78, 5) is 24.9. The van der Waals surface area contributed by atoms with Crippen LogP contribution in [0.1, 0.15) is 26.3 Å². The second-order valence-corrected chi connectivity index (χ2v) is 7.63. The van der Waals surface area contributed by atoms with Gasteiger partial charge in [-0.1, -0.05) is 6.07 Å². The first-order chi connectivity index (χ1) is 11.5. The topological polar surface area (TPSA) is 85.3 Å². The molecular formula is C17H24INO6. The van der Waals surface area contributed by atoms with Gasteiger partial charge in [-0.15, -0.1) is 0 Å². The molecule has 0 saturated heterocycles. The van der Waals surface area contributed by atoms with Gasteiger partial charge in [0.1, 0.15) is 17.4 Å². The van der Waals surface area contributed by atoms with E-state index in [-0.39, 0.29) is 13.2 Å². The van der Waals surface area contributed by atoms with E-state index < -0.39 is 23.7 Å². The van der Waals surface area contributed by atoms with E-state index in [0.29, 0.717) is 5.75 Å². The normalized spacial score (nSPS) is 12.4. The maximum absolute atomic E-state index is 12.1. The molecule has 0 bridgehead atoms. The summed E-state index contributed by atoms with van der Waals surface area (Å²) in [5, 5.41) is 9.50. The second-order valence-electron chi connectivity index (χ2n) is 6.47. The number of carboxylic acid groups (broad SMARTS) is 1. The minimum Gasteiger partial charge on any atom is -0.480 e. The van der Waals surface area contributed by atoms with Crippen molar-refractivity contribution in [3.05, 3.63) is 27.3 Å². The highest BCUT2D eigenvalue weighted by molar-refractivity contribution is 14.1. The third-order valence-corrected chi connectivity index (χ3v) is 4.03. The molecule has 7 nitrogen and oxygen atoms in total. The first-order valence-electron chi connectivity index (χ1n) is 7.64. The maximum Gasteiger partial charge on any atom is 0.410 e. The van der Waals surface area contributed by atoms with Crippen LogP contribution < -0.4 is 4.74 Å². The number of carboxylic acids is 1. The average Bonchev–Trinajstić information content (AvgIpc) is 2.49. The summed E-state index contributed by atoms with van der Waals surface area (Å²) in [5.74, 6) is -0.443. The Morgan fingerprint density at radius 3 is 2.44 bits per heavy atom. The number of nitrogens with zero attached hydrogens (tertiary/aromatic N) is 1. The average molecular weight is 465 g/mol. The van der Waals surface area contributed by atoms with Crippen molar-refractivity contribution in [3.8, 4) is 5.75 Å². The highest BCUT2D eigenvalue weighted by Gasteiger charge is 2.30. The van der Waals surface area contributed by atoms with Crippen LogP contribution in [0.15, 0.2) is 18.2 Å². The predicted octanol–water partition coefficient (Wildman–Crippen LogP) is 3.14. The van der Waals surface area contributed by atoms with Crippen molar-refractivity contribution in [2.24, 2.45) is 0 Å². The van der Waals surface area contributed by atoms with Crippen molar-refractivity contribution >= 4 is 34.7 Å². The molecule has 0 radical (unpaired) electrons. The standard InChI is InChI=1S/C17H24INO6/c1-17(2,3)25-16(22)19(4)13(15(20)21)9-11-6-7-14(12(18)8-11)24-10-23-5/h6-8,13H,9-10H2,1-5H3,(H,20,21)/t13-/m0/s1. The fourth-order valence-corrected chi connectivity index (χ4v) is 2.72. The predicted molar refractivity (Wildman–Crippen MR) is 101 cm³/mol. The van der Waals surface area contributed by atoms with Gasteiger partial charge in [0.25, 0.3) is 0 Å². The third-order valence-electron chi connectivity index (χ3n) is 3.19. The van der Waals surface area contributed by atoms with Crippen LogP contribution >= 0.6 is 22.6 Å². The number of likely N-dealkylation sites (N-methyl/N-ethyl adjacent to an activating group) is 1. The molecule has 0 spiro atoms. The van der Waals surface area contributed by atoms with E-state index in [4.69, 9.17) is 14.2 Å². The first kappa shape index (κ1) is 21.5. The number of rotatable bonds is 7. The van der Waals surface area contributed by atoms with Gasteiger partial charge in [0.05, 0.1) is 3.57 Å². The van der Waals surface area contributed by atoms with Crippen LogP contribution in [0.5, 0.6) is 5.75 Å². The maximum atomic E-state index is 12.1. The number of methoxy groups -OCH3 is 1. The molecule has 0 aliphatic heterocycles. The quantitative estimate of drug-likeness (QED) is 0.492. The lowest BCUT2D eigenvalue weighted by molar-refractivity contribution is -0.142. The van der Waals surface area contributed by atoms with Crippen LogP contribution in [-0.2, 0) is 20.7 Å². The Balaban J connectivity index is 2.89. The molecule has 1 atom stereocenters. The molecule has 1 aromatic rings. The number of hydrogen-bond donors (Lipinski definition) is 1. The van der Waals surface area contributed by atoms with Crippen molar-refractivity contribution in [2.45, 2.75) is 38.8 Å². The number of carbonyl (C=O) groups is 2. The summed E-state index contributed by atoms with van der Waals surface area (Å²) in [6, 6.07) is 4.32. The van der Waals surface area contributed by atoms with E-state index in [0.717, 1.165) is 14.0 Å². The number of ether oxygens (including phenoxy) is 3. The smallest absolute Gasteiger partial charge is 0.410 e. The minimum absolute atomic E-state index is 0.133. The van der Waals surface area contributed by atoms with Crippen molar-refractivity contribution in [3.63, 3.8) is 0 Å². The Labute approximate surface area is 161 Å². The van der Waals surface area contributed by atoms with Crippen LogP contribution in [0.3, 0.4) is 0 Å². The zero-order valence-electron chi connectivity index (χ0n) is 15.0. The van der Waals surface area contributed by atoms with Gasteiger partial charge in [-0.2, -0.15) is 0 Å². The van der Waals surface area contributed by atoms with Gasteiger partial charge < -0.3 is 19.3 Å². The molecule has 0 unspecified atom stereocenters. The van der Waals surface area contributed by atoms with Gasteiger partial charge in [-0.3, -0.25) is 4.90 Å². The molecule has 1 aromatic carbocycles. The summed E-state index contributed by atoms with van der Waals surface area (Å²) in [6.45, 7) is 5.33. The van der Waals surface area contributed by atoms with Gasteiger partial charge in [0.15, 0.2) is 6.79 Å². The zero-order chi connectivity index (χ0) is 19.2. The number of amides is 1. The number of halogens is 1. The third kappa shape index (κ3) is 7.07. The van der Waals surface area contributed by atoms with Crippen LogP contribution in [0.2, 0.25) is 0 Å². The molecule has 0 fully saturated rings. The van der Waals surface area contributed by atoms with Crippen LogP contribution in [-0.4, -0.2) is 54.7 Å². The highest BCUT2D eigenvalue weighted by Crippen LogP contribution is 2.23. The lowest BCUT2D eigenvalue weighted by Crippen LogP contribution is -2.46. The SMILES string of the molecule is COCOc1ccc(C[C@@H](C(=O)O)N(C)C(=O)OC(C)(C)C)cc1I. The van der Waals surface area contributed by atoms with Crippen molar-refractivity contribution in [1.82, 2.24) is 4.90 Å². The van der Waals surface area contributed by atoms with E-state index in [1.54, 1.807) is 32.9 Å². The monoisotopic (exact) mass is 465 g/mol. The lowest BCUT2D eigenvalue weighted by atomic mass is 10.1. The summed E-state index contributed by atoms with van der Waals surface area (Å²) < 4.78 is 16.3. The van der Waals surface area contributed by atoms with E-state index in [2.05, 4.69) is 22.6 Å². The van der Waals surface area contributed by atoms with E-state index in [1.165, 1.54) is 14.2 Å². The van der Waals surface area contributed by atoms with E-state index >= 15 is 0 Å². The summed E-state index contributed by atoms with van der Waals surface area (Å²) in [5.41, 5.74) is 0.0846. The molecule has 0 aromatic heterocycles. The van der Waals surface area contributed by atoms with E-state index in [1.807, 2.05) is 6.07 Å². The van der Waals surface area contributed by atoms with Crippen molar-refractivity contribution in [1.29, 1.82) is 0 Å². The van der Waals surface area contributed by atoms with Gasteiger partial charge >= 0.3 is 12.1 Å². The lowest BCUT2D eigenvalue weighted by Gasteiger charge is -2.28. The number of carbonyl (C=O) groups excluding carboxylic acids is 1. The Kier molecular flexibility index (Phi) is 7.94. The molecule has 8 heteroatoms. The summed E-state index contributed by atoms with van der Waals surface area (Å²) >= 11 is 2.11. The van der Waals surface area contributed by atoms with Gasteiger partial charge in [-0.05, 0) is 61.1 Å². The van der Waals surface area contributed by atoms with Crippen LogP contribution in [0, 0.1) is 3.57 Å². The van der Waals surface area contributed by atoms with Gasteiger partial charge in [0, 0.05) is 20.6 Å². The molecule has 0 aliphatic rings. The second kappa shape index (κ2) is 9.23.